The second-order valence-corrected chi connectivity index (χ2v) is 6.88. The quantitative estimate of drug-likeness (QED) is 0.702. The van der Waals surface area contributed by atoms with Crippen molar-refractivity contribution in [2.75, 3.05) is 13.1 Å². The molecule has 28 heavy (non-hydrogen) atoms. The molecule has 140 valence electrons. The number of likely N-dealkylation sites (tertiary alicyclic amines) is 1. The van der Waals surface area contributed by atoms with Crippen molar-refractivity contribution in [1.82, 2.24) is 24.4 Å². The first-order chi connectivity index (χ1) is 13.7. The predicted molar refractivity (Wildman–Crippen MR) is 102 cm³/mol. The van der Waals surface area contributed by atoms with Crippen molar-refractivity contribution in [3.8, 4) is 6.07 Å². The maximum atomic E-state index is 12.7. The Hall–Kier alpha value is -3.53. The molecule has 0 saturated carbocycles. The highest BCUT2D eigenvalue weighted by molar-refractivity contribution is 5.94. The molecule has 3 aromatic heterocycles. The summed E-state index contributed by atoms with van der Waals surface area (Å²) in [5.41, 5.74) is 2.03. The van der Waals surface area contributed by atoms with Crippen molar-refractivity contribution in [3.63, 3.8) is 0 Å². The Morgan fingerprint density at radius 1 is 1.11 bits per heavy atom. The zero-order chi connectivity index (χ0) is 19.3. The van der Waals surface area contributed by atoms with Crippen LogP contribution in [0.3, 0.4) is 0 Å². The lowest BCUT2D eigenvalue weighted by Gasteiger charge is -2.32. The van der Waals surface area contributed by atoms with Crippen molar-refractivity contribution in [2.24, 2.45) is 0 Å². The van der Waals surface area contributed by atoms with Crippen LogP contribution in [-0.4, -0.2) is 43.4 Å². The van der Waals surface area contributed by atoms with Gasteiger partial charge in [-0.05, 0) is 42.7 Å². The third-order valence-corrected chi connectivity index (χ3v) is 5.12. The van der Waals surface area contributed by atoms with Crippen LogP contribution in [0.25, 0.3) is 0 Å². The van der Waals surface area contributed by atoms with Crippen LogP contribution in [0.5, 0.6) is 0 Å². The maximum Gasteiger partial charge on any atom is 0.255 e. The topological polar surface area (TPSA) is 87.7 Å². The van der Waals surface area contributed by atoms with Gasteiger partial charge in [0.05, 0.1) is 5.56 Å². The number of amides is 1. The minimum Gasteiger partial charge on any atom is -0.339 e. The van der Waals surface area contributed by atoms with Crippen LogP contribution in [0, 0.1) is 11.3 Å². The summed E-state index contributed by atoms with van der Waals surface area (Å²) >= 11 is 0. The van der Waals surface area contributed by atoms with E-state index in [4.69, 9.17) is 5.26 Å². The minimum atomic E-state index is -0.0319. The first-order valence-corrected chi connectivity index (χ1v) is 9.30. The fourth-order valence-electron chi connectivity index (χ4n) is 3.61. The Kier molecular flexibility index (Phi) is 5.11. The summed E-state index contributed by atoms with van der Waals surface area (Å²) in [5.74, 6) is 1.37. The smallest absolute Gasteiger partial charge is 0.255 e. The summed E-state index contributed by atoms with van der Waals surface area (Å²) < 4.78 is 2.18. The number of aromatic nitrogens is 4. The summed E-state index contributed by atoms with van der Waals surface area (Å²) in [6.45, 7) is 2.14. The fourth-order valence-corrected chi connectivity index (χ4v) is 3.61. The van der Waals surface area contributed by atoms with Gasteiger partial charge in [0, 0.05) is 56.5 Å². The van der Waals surface area contributed by atoms with E-state index in [0.29, 0.717) is 30.3 Å². The molecule has 4 heterocycles. The largest absolute Gasteiger partial charge is 0.339 e. The molecule has 1 fully saturated rings. The number of pyridine rings is 2. The van der Waals surface area contributed by atoms with Gasteiger partial charge in [-0.3, -0.25) is 9.78 Å². The van der Waals surface area contributed by atoms with Gasteiger partial charge in [0.15, 0.2) is 0 Å². The van der Waals surface area contributed by atoms with Crippen LogP contribution in [0.4, 0.5) is 0 Å². The highest BCUT2D eigenvalue weighted by Gasteiger charge is 2.27. The van der Waals surface area contributed by atoms with E-state index in [2.05, 4.69) is 19.5 Å². The molecular formula is C21H20N6O. The molecule has 0 N–H and O–H groups in total. The molecule has 1 aliphatic rings. The van der Waals surface area contributed by atoms with Gasteiger partial charge in [-0.1, -0.05) is 0 Å². The van der Waals surface area contributed by atoms with Gasteiger partial charge in [-0.25, -0.2) is 9.97 Å². The highest BCUT2D eigenvalue weighted by atomic mass is 16.2. The average molecular weight is 372 g/mol. The molecule has 0 aliphatic carbocycles. The number of hydrogen-bond donors (Lipinski definition) is 0. The number of hydrogen-bond acceptors (Lipinski definition) is 5. The van der Waals surface area contributed by atoms with E-state index in [0.717, 1.165) is 25.2 Å². The van der Waals surface area contributed by atoms with E-state index in [1.54, 1.807) is 24.5 Å². The fraction of sp³-hybridized carbons (Fsp3) is 0.286. The predicted octanol–water partition coefficient (Wildman–Crippen LogP) is 2.61. The van der Waals surface area contributed by atoms with Gasteiger partial charge in [-0.2, -0.15) is 5.26 Å². The number of carbonyl (C=O) groups excluding carboxylic acids is 1. The molecule has 7 heteroatoms. The third kappa shape index (κ3) is 3.76. The lowest BCUT2D eigenvalue weighted by molar-refractivity contribution is 0.0710. The molecular weight excluding hydrogens is 352 g/mol. The Morgan fingerprint density at radius 2 is 1.89 bits per heavy atom. The molecule has 0 spiro atoms. The van der Waals surface area contributed by atoms with E-state index in [1.807, 2.05) is 35.5 Å². The van der Waals surface area contributed by atoms with Crippen LogP contribution in [0.2, 0.25) is 0 Å². The van der Waals surface area contributed by atoms with Crippen molar-refractivity contribution in [2.45, 2.75) is 25.3 Å². The van der Waals surface area contributed by atoms with E-state index in [-0.39, 0.29) is 5.91 Å². The van der Waals surface area contributed by atoms with Gasteiger partial charge in [0.25, 0.3) is 5.91 Å². The molecule has 7 nitrogen and oxygen atoms in total. The van der Waals surface area contributed by atoms with Crippen molar-refractivity contribution >= 4 is 5.91 Å². The third-order valence-electron chi connectivity index (χ3n) is 5.12. The lowest BCUT2D eigenvalue weighted by atomic mass is 9.95. The molecule has 0 bridgehead atoms. The number of nitrogens with zero attached hydrogens (tertiary/aromatic N) is 6. The van der Waals surface area contributed by atoms with E-state index in [1.165, 1.54) is 11.8 Å². The lowest BCUT2D eigenvalue weighted by Crippen LogP contribution is -2.38. The summed E-state index contributed by atoms with van der Waals surface area (Å²) in [6, 6.07) is 9.24. The first-order valence-electron chi connectivity index (χ1n) is 9.30. The summed E-state index contributed by atoms with van der Waals surface area (Å²) in [4.78, 5) is 27.2. The van der Waals surface area contributed by atoms with Crippen LogP contribution in [0.1, 0.15) is 46.2 Å². The van der Waals surface area contributed by atoms with Gasteiger partial charge in [-0.15, -0.1) is 0 Å². The Morgan fingerprint density at radius 3 is 2.57 bits per heavy atom. The van der Waals surface area contributed by atoms with Crippen LogP contribution < -0.4 is 0 Å². The number of nitriles is 1. The monoisotopic (exact) mass is 372 g/mol. The number of imidazole rings is 1. The van der Waals surface area contributed by atoms with Crippen molar-refractivity contribution < 1.29 is 4.79 Å². The minimum absolute atomic E-state index is 0.0319. The van der Waals surface area contributed by atoms with E-state index < -0.39 is 0 Å². The summed E-state index contributed by atoms with van der Waals surface area (Å²) in [6.07, 6.45) is 10.7. The Balaban J connectivity index is 1.40. The number of piperidine rings is 1. The number of carbonyl (C=O) groups is 1. The van der Waals surface area contributed by atoms with E-state index in [9.17, 15) is 4.79 Å². The maximum absolute atomic E-state index is 12.7. The molecule has 1 amide bonds. The van der Waals surface area contributed by atoms with Gasteiger partial charge in [0.1, 0.15) is 17.6 Å². The second kappa shape index (κ2) is 8.01. The number of rotatable bonds is 4. The van der Waals surface area contributed by atoms with Gasteiger partial charge >= 0.3 is 0 Å². The molecule has 4 rings (SSSR count). The van der Waals surface area contributed by atoms with E-state index >= 15 is 0 Å². The van der Waals surface area contributed by atoms with Crippen molar-refractivity contribution in [1.29, 1.82) is 5.26 Å². The highest BCUT2D eigenvalue weighted by Crippen LogP contribution is 2.28. The summed E-state index contributed by atoms with van der Waals surface area (Å²) in [5, 5.41) is 8.83. The zero-order valence-electron chi connectivity index (χ0n) is 15.4. The zero-order valence-corrected chi connectivity index (χ0v) is 15.4. The van der Waals surface area contributed by atoms with Crippen LogP contribution in [0.15, 0.2) is 55.2 Å². The normalized spacial score (nSPS) is 14.6. The molecule has 0 atom stereocenters. The van der Waals surface area contributed by atoms with Crippen LogP contribution in [-0.2, 0) is 6.54 Å². The van der Waals surface area contributed by atoms with Crippen molar-refractivity contribution in [3.05, 3.63) is 77.9 Å². The molecule has 0 radical (unpaired) electrons. The molecule has 3 aromatic rings. The standard InChI is InChI=1S/C21H20N6O/c22-13-19-2-1-18(14-25-19)21(28)26-10-5-17(6-11-26)20-24-9-12-27(20)15-16-3-7-23-8-4-16/h1-4,7-9,12,14,17H,5-6,10-11,15H2. The average Bonchev–Trinajstić information content (AvgIpc) is 3.22. The molecule has 1 saturated heterocycles. The van der Waals surface area contributed by atoms with Gasteiger partial charge in [0.2, 0.25) is 0 Å². The Bertz CT molecular complexity index is 982. The molecule has 0 aromatic carbocycles. The molecule has 1 aliphatic heterocycles. The van der Waals surface area contributed by atoms with Crippen LogP contribution >= 0.6 is 0 Å². The molecule has 0 unspecified atom stereocenters. The SMILES string of the molecule is N#Cc1ccc(C(=O)N2CCC(c3nccn3Cc3ccncc3)CC2)cn1. The Labute approximate surface area is 163 Å². The first kappa shape index (κ1) is 17.9. The second-order valence-electron chi connectivity index (χ2n) is 6.88. The van der Waals surface area contributed by atoms with Gasteiger partial charge < -0.3 is 9.47 Å². The summed E-state index contributed by atoms with van der Waals surface area (Å²) in [7, 11) is 0.